The fraction of sp³-hybridized carbons (Fsp3) is 0.556. The molecule has 138 valence electrons. The Morgan fingerprint density at radius 3 is 2.36 bits per heavy atom. The lowest BCUT2D eigenvalue weighted by Crippen LogP contribution is -2.48. The van der Waals surface area contributed by atoms with Gasteiger partial charge in [-0.15, -0.1) is 12.4 Å². The van der Waals surface area contributed by atoms with Crippen LogP contribution >= 0.6 is 28.3 Å². The average molecular weight is 431 g/mol. The summed E-state index contributed by atoms with van der Waals surface area (Å²) in [4.78, 5) is 24.0. The Morgan fingerprint density at radius 1 is 1.20 bits per heavy atom. The molecule has 1 aromatic rings. The maximum absolute atomic E-state index is 12.5. The number of nitrogens with one attached hydrogen (secondary N) is 3. The van der Waals surface area contributed by atoms with Crippen LogP contribution in [0.4, 0.5) is 0 Å². The van der Waals surface area contributed by atoms with Crippen LogP contribution in [0.15, 0.2) is 28.7 Å². The van der Waals surface area contributed by atoms with Crippen LogP contribution in [-0.2, 0) is 9.59 Å². The van der Waals surface area contributed by atoms with Crippen molar-refractivity contribution in [3.8, 4) is 0 Å². The maximum Gasteiger partial charge on any atom is 0.222 e. The molecule has 2 heterocycles. The number of rotatable bonds is 5. The van der Waals surface area contributed by atoms with Crippen molar-refractivity contribution < 1.29 is 9.59 Å². The number of amides is 2. The third-order valence-corrected chi connectivity index (χ3v) is 5.41. The van der Waals surface area contributed by atoms with Gasteiger partial charge in [0.05, 0.1) is 12.5 Å². The molecule has 25 heavy (non-hydrogen) atoms. The Labute approximate surface area is 163 Å². The number of piperidine rings is 1. The van der Waals surface area contributed by atoms with Crippen LogP contribution in [0.5, 0.6) is 0 Å². The minimum absolute atomic E-state index is 0. The molecule has 2 amide bonds. The van der Waals surface area contributed by atoms with Crippen LogP contribution in [0, 0.1) is 0 Å². The minimum Gasteiger partial charge on any atom is -0.353 e. The molecule has 2 saturated heterocycles. The summed E-state index contributed by atoms with van der Waals surface area (Å²) in [6, 6.07) is 8.76. The van der Waals surface area contributed by atoms with Crippen molar-refractivity contribution in [2.75, 3.05) is 0 Å². The molecule has 3 rings (SSSR count). The molecular weight excluding hydrogens is 406 g/mol. The summed E-state index contributed by atoms with van der Waals surface area (Å²) < 4.78 is 0.974. The van der Waals surface area contributed by atoms with Gasteiger partial charge in [0, 0.05) is 29.5 Å². The van der Waals surface area contributed by atoms with E-state index in [9.17, 15) is 9.59 Å². The highest BCUT2D eigenvalue weighted by Gasteiger charge is 2.34. The van der Waals surface area contributed by atoms with E-state index in [1.54, 1.807) is 0 Å². The third-order valence-electron chi connectivity index (χ3n) is 4.88. The molecule has 2 fully saturated rings. The van der Waals surface area contributed by atoms with Crippen LogP contribution in [0.1, 0.15) is 50.6 Å². The molecule has 0 aliphatic carbocycles. The number of benzene rings is 1. The second-order valence-corrected chi connectivity index (χ2v) is 7.80. The zero-order valence-electron chi connectivity index (χ0n) is 14.3. The van der Waals surface area contributed by atoms with Gasteiger partial charge in [0.2, 0.25) is 11.8 Å². The first-order chi connectivity index (χ1) is 11.5. The molecule has 2 aliphatic heterocycles. The smallest absolute Gasteiger partial charge is 0.222 e. The first-order valence-electron chi connectivity index (χ1n) is 8.57. The summed E-state index contributed by atoms with van der Waals surface area (Å²) in [5.41, 5.74) is 0.939. The van der Waals surface area contributed by atoms with E-state index in [1.165, 1.54) is 19.8 Å². The van der Waals surface area contributed by atoms with Gasteiger partial charge in [-0.1, -0.05) is 28.1 Å². The molecule has 2 bridgehead atoms. The van der Waals surface area contributed by atoms with Gasteiger partial charge in [-0.25, -0.2) is 0 Å². The highest BCUT2D eigenvalue weighted by Crippen LogP contribution is 2.27. The minimum atomic E-state index is -0.297. The van der Waals surface area contributed by atoms with Gasteiger partial charge in [0.1, 0.15) is 0 Å². The van der Waals surface area contributed by atoms with Crippen LogP contribution in [0.2, 0.25) is 0 Å². The molecule has 2 aliphatic rings. The van der Waals surface area contributed by atoms with E-state index in [0.717, 1.165) is 22.9 Å². The van der Waals surface area contributed by atoms with Gasteiger partial charge in [-0.05, 0) is 43.4 Å². The summed E-state index contributed by atoms with van der Waals surface area (Å²) in [6.45, 7) is 1.48. The molecule has 1 aromatic carbocycles. The SMILES string of the molecule is CC(=O)NC(CC(=O)NC1CC2CCC(C1)N2)c1ccc(Br)cc1.Cl. The molecule has 7 heteroatoms. The molecule has 3 atom stereocenters. The van der Waals surface area contributed by atoms with Gasteiger partial charge in [-0.2, -0.15) is 0 Å². The first-order valence-corrected chi connectivity index (χ1v) is 9.37. The number of carbonyl (C=O) groups is 2. The molecule has 3 unspecified atom stereocenters. The predicted octanol–water partition coefficient (Wildman–Crippen LogP) is 2.84. The van der Waals surface area contributed by atoms with E-state index >= 15 is 0 Å². The number of hydrogen-bond donors (Lipinski definition) is 3. The summed E-state index contributed by atoms with van der Waals surface area (Å²) in [6.07, 6.45) is 4.70. The molecular formula is C18H25BrClN3O2. The van der Waals surface area contributed by atoms with E-state index < -0.39 is 0 Å². The third kappa shape index (κ3) is 5.69. The second kappa shape index (κ2) is 9.01. The fourth-order valence-electron chi connectivity index (χ4n) is 3.84. The Bertz CT molecular complexity index is 599. The van der Waals surface area contributed by atoms with Gasteiger partial charge in [0.25, 0.3) is 0 Å². The largest absolute Gasteiger partial charge is 0.353 e. The lowest BCUT2D eigenvalue weighted by atomic mass is 9.98. The first kappa shape index (κ1) is 20.2. The zero-order chi connectivity index (χ0) is 17.1. The monoisotopic (exact) mass is 429 g/mol. The van der Waals surface area contributed by atoms with Crippen LogP contribution < -0.4 is 16.0 Å². The molecule has 0 spiro atoms. The number of halogens is 2. The summed E-state index contributed by atoms with van der Waals surface area (Å²) in [5, 5.41) is 9.63. The summed E-state index contributed by atoms with van der Waals surface area (Å²) in [7, 11) is 0. The number of carbonyl (C=O) groups excluding carboxylic acids is 2. The van der Waals surface area contributed by atoms with Crippen LogP contribution in [0.25, 0.3) is 0 Å². The van der Waals surface area contributed by atoms with Gasteiger partial charge >= 0.3 is 0 Å². The van der Waals surface area contributed by atoms with E-state index in [1.807, 2.05) is 24.3 Å². The Kier molecular flexibility index (Phi) is 7.28. The molecule has 0 aromatic heterocycles. The standard InChI is InChI=1S/C18H24BrN3O2.ClH/c1-11(23)20-17(12-2-4-13(19)5-3-12)10-18(24)22-16-8-14-6-7-15(9-16)21-14;/h2-5,14-17,21H,6-10H2,1H3,(H,20,23)(H,22,24);1H. The van der Waals surface area contributed by atoms with E-state index in [0.29, 0.717) is 12.1 Å². The topological polar surface area (TPSA) is 70.2 Å². The van der Waals surface area contributed by atoms with Gasteiger partial charge in [-0.3, -0.25) is 9.59 Å². The van der Waals surface area contributed by atoms with Crippen LogP contribution in [0.3, 0.4) is 0 Å². The summed E-state index contributed by atoms with van der Waals surface area (Å²) in [5.74, 6) is -0.126. The quantitative estimate of drug-likeness (QED) is 0.673. The van der Waals surface area contributed by atoms with Crippen molar-refractivity contribution in [2.45, 2.75) is 63.2 Å². The van der Waals surface area contributed by atoms with Crippen LogP contribution in [-0.4, -0.2) is 29.9 Å². The lowest BCUT2D eigenvalue weighted by molar-refractivity contribution is -0.123. The number of hydrogen-bond acceptors (Lipinski definition) is 3. The summed E-state index contributed by atoms with van der Waals surface area (Å²) >= 11 is 3.41. The number of fused-ring (bicyclic) bond motifs is 2. The molecule has 0 saturated carbocycles. The van der Waals surface area contributed by atoms with Crippen molar-refractivity contribution in [2.24, 2.45) is 0 Å². The molecule has 0 radical (unpaired) electrons. The Balaban J connectivity index is 0.00000225. The van der Waals surface area contributed by atoms with Crippen molar-refractivity contribution in [1.29, 1.82) is 0 Å². The fourth-order valence-corrected chi connectivity index (χ4v) is 4.10. The Morgan fingerprint density at radius 2 is 1.80 bits per heavy atom. The lowest BCUT2D eigenvalue weighted by Gasteiger charge is -2.30. The normalized spacial score (nSPS) is 25.6. The Hall–Kier alpha value is -1.11. The van der Waals surface area contributed by atoms with E-state index in [-0.39, 0.29) is 42.7 Å². The van der Waals surface area contributed by atoms with Crippen molar-refractivity contribution in [1.82, 2.24) is 16.0 Å². The van der Waals surface area contributed by atoms with Crippen molar-refractivity contribution >= 4 is 40.2 Å². The van der Waals surface area contributed by atoms with E-state index in [2.05, 4.69) is 31.9 Å². The van der Waals surface area contributed by atoms with Gasteiger partial charge < -0.3 is 16.0 Å². The average Bonchev–Trinajstić information content (AvgIpc) is 2.85. The maximum atomic E-state index is 12.5. The van der Waals surface area contributed by atoms with Crippen molar-refractivity contribution in [3.05, 3.63) is 34.3 Å². The van der Waals surface area contributed by atoms with Crippen molar-refractivity contribution in [3.63, 3.8) is 0 Å². The highest BCUT2D eigenvalue weighted by molar-refractivity contribution is 9.10. The van der Waals surface area contributed by atoms with Gasteiger partial charge in [0.15, 0.2) is 0 Å². The van der Waals surface area contributed by atoms with E-state index in [4.69, 9.17) is 0 Å². The zero-order valence-corrected chi connectivity index (χ0v) is 16.7. The molecule has 3 N–H and O–H groups in total. The highest BCUT2D eigenvalue weighted by atomic mass is 79.9. The predicted molar refractivity (Wildman–Crippen MR) is 104 cm³/mol. The molecule has 5 nitrogen and oxygen atoms in total. The second-order valence-electron chi connectivity index (χ2n) is 6.88.